The van der Waals surface area contributed by atoms with Crippen molar-refractivity contribution >= 4 is 27.3 Å². The van der Waals surface area contributed by atoms with Crippen LogP contribution in [0, 0.1) is 5.92 Å². The van der Waals surface area contributed by atoms with Crippen molar-refractivity contribution in [2.45, 2.75) is 44.3 Å². The van der Waals surface area contributed by atoms with Gasteiger partial charge in [0.15, 0.2) is 0 Å². The number of carbonyl (C=O) groups excluding carboxylic acids is 1. The number of imidazole rings is 1. The van der Waals surface area contributed by atoms with E-state index >= 15 is 0 Å². The summed E-state index contributed by atoms with van der Waals surface area (Å²) in [7, 11) is -2.23. The lowest BCUT2D eigenvalue weighted by Crippen LogP contribution is -2.43. The zero-order chi connectivity index (χ0) is 26.1. The van der Waals surface area contributed by atoms with Gasteiger partial charge in [-0.1, -0.05) is 43.6 Å². The van der Waals surface area contributed by atoms with Crippen molar-refractivity contribution < 1.29 is 22.7 Å². The normalized spacial score (nSPS) is 14.9. The fourth-order valence-corrected chi connectivity index (χ4v) is 5.96. The van der Waals surface area contributed by atoms with Crippen LogP contribution in [0.15, 0.2) is 35.6 Å². The summed E-state index contributed by atoms with van der Waals surface area (Å²) in [5, 5.41) is 0.351. The number of carbonyl (C=O) groups is 1. The minimum atomic E-state index is -3.79. The van der Waals surface area contributed by atoms with E-state index in [0.717, 1.165) is 19.6 Å². The summed E-state index contributed by atoms with van der Waals surface area (Å²) in [4.78, 5) is 21.5. The maximum atomic E-state index is 13.4. The van der Waals surface area contributed by atoms with Gasteiger partial charge in [-0.25, -0.2) is 13.4 Å². The van der Waals surface area contributed by atoms with Crippen molar-refractivity contribution in [3.05, 3.63) is 46.7 Å². The Morgan fingerprint density at radius 2 is 1.94 bits per heavy atom. The molecule has 2 heterocycles. The Labute approximate surface area is 219 Å². The molecule has 200 valence electrons. The number of sulfone groups is 1. The Bertz CT molecular complexity index is 1100. The Morgan fingerprint density at radius 3 is 2.61 bits per heavy atom. The smallest absolute Gasteiger partial charge is 0.228 e. The minimum absolute atomic E-state index is 0.0400. The van der Waals surface area contributed by atoms with Gasteiger partial charge in [-0.3, -0.25) is 9.69 Å². The topological polar surface area (TPSA) is 94.0 Å². The Balaban J connectivity index is 1.85. The lowest BCUT2D eigenvalue weighted by Gasteiger charge is -2.30. The average molecular weight is 541 g/mol. The van der Waals surface area contributed by atoms with E-state index in [9.17, 15) is 13.2 Å². The summed E-state index contributed by atoms with van der Waals surface area (Å²) < 4.78 is 39.1. The second-order valence-corrected chi connectivity index (χ2v) is 11.7. The van der Waals surface area contributed by atoms with Gasteiger partial charge in [0.1, 0.15) is 0 Å². The molecule has 0 atom stereocenters. The second-order valence-electron chi connectivity index (χ2n) is 9.39. The number of halogens is 1. The summed E-state index contributed by atoms with van der Waals surface area (Å²) in [5.41, 5.74) is 1.17. The van der Waals surface area contributed by atoms with Crippen molar-refractivity contribution in [1.29, 1.82) is 0 Å². The molecular weight excluding hydrogens is 504 g/mol. The molecule has 36 heavy (non-hydrogen) atoms. The molecule has 0 saturated carbocycles. The number of amides is 1. The van der Waals surface area contributed by atoms with Gasteiger partial charge < -0.3 is 18.9 Å². The number of rotatable bonds is 13. The molecule has 1 fully saturated rings. The maximum absolute atomic E-state index is 13.4. The van der Waals surface area contributed by atoms with Crippen LogP contribution >= 0.6 is 11.6 Å². The summed E-state index contributed by atoms with van der Waals surface area (Å²) in [6, 6.07) is 6.88. The van der Waals surface area contributed by atoms with Gasteiger partial charge in [0.05, 0.1) is 44.0 Å². The molecule has 0 unspecified atom stereocenters. The molecule has 0 aliphatic carbocycles. The lowest BCUT2D eigenvalue weighted by atomic mass is 10.1. The van der Waals surface area contributed by atoms with E-state index < -0.39 is 9.84 Å². The number of morpholine rings is 1. The highest BCUT2D eigenvalue weighted by Crippen LogP contribution is 2.23. The SMILES string of the molecule is COCCn1c(CN(CCN2CCOCC2)C(=O)CC(C)C)cnc1S(=O)(=O)Cc1ccccc1Cl. The average Bonchev–Trinajstić information content (AvgIpc) is 3.25. The monoisotopic (exact) mass is 540 g/mol. The van der Waals surface area contributed by atoms with E-state index in [1.165, 1.54) is 0 Å². The highest BCUT2D eigenvalue weighted by Gasteiger charge is 2.27. The molecule has 1 amide bonds. The molecular formula is C25H37ClN4O5S. The van der Waals surface area contributed by atoms with E-state index in [-0.39, 0.29) is 29.3 Å². The molecule has 1 aromatic carbocycles. The molecule has 0 N–H and O–H groups in total. The Kier molecular flexibility index (Phi) is 10.7. The number of nitrogens with zero attached hydrogens (tertiary/aromatic N) is 4. The first-order valence-corrected chi connectivity index (χ1v) is 14.3. The predicted octanol–water partition coefficient (Wildman–Crippen LogP) is 2.86. The standard InChI is InChI=1S/C25H37ClN4O5S/c1-20(2)16-24(31)29(9-8-28-10-14-35-15-11-28)18-22-17-27-25(30(22)12-13-34-3)36(32,33)19-21-6-4-5-7-23(21)26/h4-7,17,20H,8-16,18-19H2,1-3H3. The third kappa shape index (κ3) is 8.01. The quantitative estimate of drug-likeness (QED) is 0.385. The van der Waals surface area contributed by atoms with Gasteiger partial charge in [-0.15, -0.1) is 0 Å². The molecule has 0 radical (unpaired) electrons. The van der Waals surface area contributed by atoms with E-state index in [1.807, 2.05) is 13.8 Å². The number of ether oxygens (including phenoxy) is 2. The molecule has 2 aromatic rings. The first-order valence-electron chi connectivity index (χ1n) is 12.3. The van der Waals surface area contributed by atoms with Gasteiger partial charge >= 0.3 is 0 Å². The zero-order valence-corrected chi connectivity index (χ0v) is 22.9. The first-order chi connectivity index (χ1) is 17.2. The van der Waals surface area contributed by atoms with Crippen LogP contribution < -0.4 is 0 Å². The largest absolute Gasteiger partial charge is 0.383 e. The molecule has 1 saturated heterocycles. The number of aromatic nitrogens is 2. The molecule has 1 aromatic heterocycles. The van der Waals surface area contributed by atoms with Gasteiger partial charge in [0, 0.05) is 51.3 Å². The van der Waals surface area contributed by atoms with Gasteiger partial charge in [0.25, 0.3) is 0 Å². The molecule has 3 rings (SSSR count). The lowest BCUT2D eigenvalue weighted by molar-refractivity contribution is -0.133. The molecule has 0 bridgehead atoms. The number of benzene rings is 1. The van der Waals surface area contributed by atoms with Crippen molar-refractivity contribution in [3.8, 4) is 0 Å². The van der Waals surface area contributed by atoms with E-state index in [0.29, 0.717) is 55.6 Å². The fraction of sp³-hybridized carbons (Fsp3) is 0.600. The maximum Gasteiger partial charge on any atom is 0.228 e. The Morgan fingerprint density at radius 1 is 1.22 bits per heavy atom. The van der Waals surface area contributed by atoms with Crippen LogP contribution in [0.4, 0.5) is 0 Å². The third-order valence-corrected chi connectivity index (χ3v) is 8.02. The van der Waals surface area contributed by atoms with Crippen molar-refractivity contribution in [2.24, 2.45) is 5.92 Å². The second kappa shape index (κ2) is 13.5. The molecule has 0 spiro atoms. The van der Waals surface area contributed by atoms with Crippen molar-refractivity contribution in [2.75, 3.05) is 53.1 Å². The fourth-order valence-electron chi connectivity index (χ4n) is 4.13. The van der Waals surface area contributed by atoms with Crippen LogP contribution in [0.25, 0.3) is 0 Å². The highest BCUT2D eigenvalue weighted by molar-refractivity contribution is 7.90. The van der Waals surface area contributed by atoms with Gasteiger partial charge in [0.2, 0.25) is 20.9 Å². The van der Waals surface area contributed by atoms with Crippen LogP contribution in [0.1, 0.15) is 31.5 Å². The van der Waals surface area contributed by atoms with Crippen LogP contribution in [-0.2, 0) is 42.9 Å². The zero-order valence-electron chi connectivity index (χ0n) is 21.4. The third-order valence-electron chi connectivity index (χ3n) is 6.08. The number of methoxy groups -OCH3 is 1. The molecule has 1 aliphatic rings. The van der Waals surface area contributed by atoms with Gasteiger partial charge in [-0.2, -0.15) is 0 Å². The number of hydrogen-bond acceptors (Lipinski definition) is 7. The van der Waals surface area contributed by atoms with Gasteiger partial charge in [-0.05, 0) is 17.5 Å². The molecule has 9 nitrogen and oxygen atoms in total. The van der Waals surface area contributed by atoms with Crippen LogP contribution in [0.2, 0.25) is 5.02 Å². The predicted molar refractivity (Wildman–Crippen MR) is 139 cm³/mol. The minimum Gasteiger partial charge on any atom is -0.383 e. The van der Waals surface area contributed by atoms with Crippen LogP contribution in [0.5, 0.6) is 0 Å². The summed E-state index contributed by atoms with van der Waals surface area (Å²) in [6.45, 7) is 9.25. The number of hydrogen-bond donors (Lipinski definition) is 0. The summed E-state index contributed by atoms with van der Waals surface area (Å²) >= 11 is 6.22. The summed E-state index contributed by atoms with van der Waals surface area (Å²) in [6.07, 6.45) is 1.98. The van der Waals surface area contributed by atoms with Crippen molar-refractivity contribution in [3.63, 3.8) is 0 Å². The molecule has 1 aliphatic heterocycles. The first kappa shape index (κ1) is 28.6. The van der Waals surface area contributed by atoms with Crippen molar-refractivity contribution in [1.82, 2.24) is 19.4 Å². The molecule has 11 heteroatoms. The van der Waals surface area contributed by atoms with Crippen LogP contribution in [0.3, 0.4) is 0 Å². The Hall–Kier alpha value is -1.98. The van der Waals surface area contributed by atoms with E-state index in [4.69, 9.17) is 21.1 Å². The highest BCUT2D eigenvalue weighted by atomic mass is 35.5. The van der Waals surface area contributed by atoms with Crippen LogP contribution in [-0.4, -0.2) is 86.8 Å². The van der Waals surface area contributed by atoms with E-state index in [2.05, 4.69) is 9.88 Å². The summed E-state index contributed by atoms with van der Waals surface area (Å²) in [5.74, 6) is -0.00469. The van der Waals surface area contributed by atoms with E-state index in [1.54, 1.807) is 47.0 Å².